The molecule has 162 valence electrons. The standard InChI is InChI=1S/C24H27N3O4/c1-5-23(28)26(4)13-24(29)27-20(18-8-9-21-22(11-18)31-14-30-21)12-19(25-27)17-7-6-15(2)16(3)10-17/h6-11,20H,5,12-14H2,1-4H3/t20-/m1/s1. The molecule has 2 aromatic carbocycles. The molecular formula is C24H27N3O4. The van der Waals surface area contributed by atoms with E-state index in [1.165, 1.54) is 21.0 Å². The molecule has 2 heterocycles. The van der Waals surface area contributed by atoms with E-state index in [0.29, 0.717) is 24.3 Å². The van der Waals surface area contributed by atoms with Gasteiger partial charge in [0.15, 0.2) is 11.5 Å². The van der Waals surface area contributed by atoms with Gasteiger partial charge >= 0.3 is 0 Å². The van der Waals surface area contributed by atoms with Gasteiger partial charge in [0.05, 0.1) is 11.8 Å². The number of hydrogen-bond acceptors (Lipinski definition) is 5. The van der Waals surface area contributed by atoms with Gasteiger partial charge in [0.25, 0.3) is 5.91 Å². The van der Waals surface area contributed by atoms with Crippen LogP contribution in [0.1, 0.15) is 48.1 Å². The van der Waals surface area contributed by atoms with Crippen molar-refractivity contribution in [2.45, 2.75) is 39.7 Å². The molecule has 0 aliphatic carbocycles. The van der Waals surface area contributed by atoms with Gasteiger partial charge < -0.3 is 14.4 Å². The summed E-state index contributed by atoms with van der Waals surface area (Å²) < 4.78 is 11.0. The molecule has 0 fully saturated rings. The Labute approximate surface area is 182 Å². The summed E-state index contributed by atoms with van der Waals surface area (Å²) in [5.41, 5.74) is 5.16. The Balaban J connectivity index is 1.66. The fraction of sp³-hybridized carbons (Fsp3) is 0.375. The second-order valence-electron chi connectivity index (χ2n) is 8.02. The predicted molar refractivity (Wildman–Crippen MR) is 117 cm³/mol. The molecule has 0 bridgehead atoms. The van der Waals surface area contributed by atoms with Crippen molar-refractivity contribution >= 4 is 17.5 Å². The summed E-state index contributed by atoms with van der Waals surface area (Å²) in [6.07, 6.45) is 0.936. The highest BCUT2D eigenvalue weighted by Gasteiger charge is 2.34. The lowest BCUT2D eigenvalue weighted by molar-refractivity contribution is -0.140. The number of carbonyl (C=O) groups is 2. The predicted octanol–water partition coefficient (Wildman–Crippen LogP) is 3.58. The number of hydrogen-bond donors (Lipinski definition) is 0. The first kappa shape index (κ1) is 20.9. The monoisotopic (exact) mass is 421 g/mol. The van der Waals surface area contributed by atoms with Crippen molar-refractivity contribution in [3.63, 3.8) is 0 Å². The fourth-order valence-electron chi connectivity index (χ4n) is 3.85. The molecular weight excluding hydrogens is 394 g/mol. The maximum absolute atomic E-state index is 13.2. The van der Waals surface area contributed by atoms with Crippen LogP contribution in [0.5, 0.6) is 11.5 Å². The number of nitrogens with zero attached hydrogens (tertiary/aromatic N) is 3. The average Bonchev–Trinajstić information content (AvgIpc) is 3.41. The van der Waals surface area contributed by atoms with E-state index < -0.39 is 0 Å². The van der Waals surface area contributed by atoms with Crippen LogP contribution in [-0.2, 0) is 9.59 Å². The molecule has 0 aromatic heterocycles. The van der Waals surface area contributed by atoms with E-state index in [2.05, 4.69) is 26.0 Å². The highest BCUT2D eigenvalue weighted by atomic mass is 16.7. The van der Waals surface area contributed by atoms with Crippen molar-refractivity contribution in [1.29, 1.82) is 0 Å². The Kier molecular flexibility index (Phi) is 5.67. The molecule has 0 spiro atoms. The van der Waals surface area contributed by atoms with E-state index in [1.807, 2.05) is 24.3 Å². The first-order chi connectivity index (χ1) is 14.9. The number of rotatable bonds is 5. The van der Waals surface area contributed by atoms with Gasteiger partial charge in [-0.25, -0.2) is 5.01 Å². The van der Waals surface area contributed by atoms with Crippen LogP contribution in [0, 0.1) is 13.8 Å². The Morgan fingerprint density at radius 2 is 1.87 bits per heavy atom. The Bertz CT molecular complexity index is 1060. The minimum Gasteiger partial charge on any atom is -0.454 e. The summed E-state index contributed by atoms with van der Waals surface area (Å²) in [7, 11) is 1.64. The van der Waals surface area contributed by atoms with Crippen LogP contribution in [-0.4, -0.2) is 47.8 Å². The van der Waals surface area contributed by atoms with E-state index in [9.17, 15) is 9.59 Å². The number of fused-ring (bicyclic) bond motifs is 1. The lowest BCUT2D eigenvalue weighted by atomic mass is 9.96. The zero-order valence-electron chi connectivity index (χ0n) is 18.3. The number of likely N-dealkylation sites (N-methyl/N-ethyl adjacent to an activating group) is 1. The average molecular weight is 421 g/mol. The lowest BCUT2D eigenvalue weighted by Crippen LogP contribution is -2.38. The van der Waals surface area contributed by atoms with Crippen LogP contribution < -0.4 is 9.47 Å². The first-order valence-corrected chi connectivity index (χ1v) is 10.5. The second-order valence-corrected chi connectivity index (χ2v) is 8.02. The Morgan fingerprint density at radius 1 is 1.10 bits per heavy atom. The zero-order chi connectivity index (χ0) is 22.1. The second kappa shape index (κ2) is 8.41. The third kappa shape index (κ3) is 4.13. The van der Waals surface area contributed by atoms with Crippen LogP contribution in [0.2, 0.25) is 0 Å². The minimum absolute atomic E-state index is 0.0164. The van der Waals surface area contributed by atoms with Crippen LogP contribution >= 0.6 is 0 Å². The van der Waals surface area contributed by atoms with Crippen molar-refractivity contribution in [3.8, 4) is 11.5 Å². The van der Waals surface area contributed by atoms with Crippen molar-refractivity contribution in [2.24, 2.45) is 5.10 Å². The molecule has 0 radical (unpaired) electrons. The minimum atomic E-state index is -0.274. The van der Waals surface area contributed by atoms with Gasteiger partial charge in [0.2, 0.25) is 12.7 Å². The van der Waals surface area contributed by atoms with E-state index in [1.54, 1.807) is 14.0 Å². The number of amides is 2. The first-order valence-electron chi connectivity index (χ1n) is 10.5. The smallest absolute Gasteiger partial charge is 0.262 e. The van der Waals surface area contributed by atoms with Crippen molar-refractivity contribution in [2.75, 3.05) is 20.4 Å². The van der Waals surface area contributed by atoms with E-state index >= 15 is 0 Å². The number of aryl methyl sites for hydroxylation is 2. The molecule has 0 unspecified atom stereocenters. The molecule has 4 rings (SSSR count). The highest BCUT2D eigenvalue weighted by molar-refractivity contribution is 6.03. The summed E-state index contributed by atoms with van der Waals surface area (Å²) in [4.78, 5) is 26.6. The molecule has 2 aromatic rings. The van der Waals surface area contributed by atoms with E-state index in [-0.39, 0.29) is 31.2 Å². The van der Waals surface area contributed by atoms with Gasteiger partial charge in [-0.2, -0.15) is 5.10 Å². The van der Waals surface area contributed by atoms with E-state index in [0.717, 1.165) is 16.8 Å². The SMILES string of the molecule is CCC(=O)N(C)CC(=O)N1N=C(c2ccc(C)c(C)c2)C[C@@H]1c1ccc2c(c1)OCO2. The summed E-state index contributed by atoms with van der Waals surface area (Å²) >= 11 is 0. The Morgan fingerprint density at radius 3 is 2.61 bits per heavy atom. The van der Waals surface area contributed by atoms with Crippen LogP contribution in [0.3, 0.4) is 0 Å². The van der Waals surface area contributed by atoms with Crippen LogP contribution in [0.25, 0.3) is 0 Å². The number of carbonyl (C=O) groups excluding carboxylic acids is 2. The maximum Gasteiger partial charge on any atom is 0.262 e. The number of hydrazone groups is 1. The molecule has 31 heavy (non-hydrogen) atoms. The van der Waals surface area contributed by atoms with Crippen molar-refractivity contribution in [3.05, 3.63) is 58.7 Å². The number of benzene rings is 2. The van der Waals surface area contributed by atoms with Gasteiger partial charge in [-0.3, -0.25) is 9.59 Å². The molecule has 0 N–H and O–H groups in total. The molecule has 0 saturated carbocycles. The zero-order valence-corrected chi connectivity index (χ0v) is 18.3. The molecule has 2 amide bonds. The summed E-state index contributed by atoms with van der Waals surface area (Å²) in [6, 6.07) is 11.7. The molecule has 0 saturated heterocycles. The largest absolute Gasteiger partial charge is 0.454 e. The van der Waals surface area contributed by atoms with Gasteiger partial charge in [0, 0.05) is 19.9 Å². The third-order valence-corrected chi connectivity index (χ3v) is 5.89. The number of ether oxygens (including phenoxy) is 2. The Hall–Kier alpha value is -3.35. The molecule has 2 aliphatic rings. The summed E-state index contributed by atoms with van der Waals surface area (Å²) in [5.74, 6) is 1.07. The van der Waals surface area contributed by atoms with Gasteiger partial charge in [0.1, 0.15) is 6.54 Å². The molecule has 1 atom stereocenters. The maximum atomic E-state index is 13.2. The summed E-state index contributed by atoms with van der Waals surface area (Å²) in [6.45, 7) is 6.10. The molecule has 2 aliphatic heterocycles. The normalized spacial score (nSPS) is 17.0. The molecule has 7 heteroatoms. The third-order valence-electron chi connectivity index (χ3n) is 5.89. The van der Waals surface area contributed by atoms with Crippen molar-refractivity contribution in [1.82, 2.24) is 9.91 Å². The quantitative estimate of drug-likeness (QED) is 0.740. The topological polar surface area (TPSA) is 71.4 Å². The van der Waals surface area contributed by atoms with Gasteiger partial charge in [-0.05, 0) is 54.3 Å². The van der Waals surface area contributed by atoms with Crippen molar-refractivity contribution < 1.29 is 19.1 Å². The van der Waals surface area contributed by atoms with Crippen LogP contribution in [0.15, 0.2) is 41.5 Å². The van der Waals surface area contributed by atoms with Gasteiger partial charge in [-0.1, -0.05) is 25.1 Å². The fourth-order valence-corrected chi connectivity index (χ4v) is 3.85. The van der Waals surface area contributed by atoms with Crippen LogP contribution in [0.4, 0.5) is 0 Å². The van der Waals surface area contributed by atoms with E-state index in [4.69, 9.17) is 14.6 Å². The summed E-state index contributed by atoms with van der Waals surface area (Å²) in [5, 5.41) is 6.22. The highest BCUT2D eigenvalue weighted by Crippen LogP contribution is 2.39. The van der Waals surface area contributed by atoms with Gasteiger partial charge in [-0.15, -0.1) is 0 Å². The molecule has 7 nitrogen and oxygen atoms in total. The lowest BCUT2D eigenvalue weighted by Gasteiger charge is -2.25.